The molecule has 0 aliphatic carbocycles. The van der Waals surface area contributed by atoms with Crippen LogP contribution in [0.1, 0.15) is 44.4 Å². The highest BCUT2D eigenvalue weighted by molar-refractivity contribution is 7.89. The Bertz CT molecular complexity index is 997. The Balaban J connectivity index is 1.90. The van der Waals surface area contributed by atoms with Crippen molar-refractivity contribution in [3.63, 3.8) is 0 Å². The standard InChI is InChI=1S/C24H35N3O4S/c1-24(2,3)18-11-13-19(14-12-18)32(29,30)26-16-15-23(28)25-17-21(27(4)5)20-9-7-8-10-22(20)31-6/h7-14,21,26H,15-17H2,1-6H3,(H,25,28). The Kier molecular flexibility index (Phi) is 8.83. The summed E-state index contributed by atoms with van der Waals surface area (Å²) in [5.41, 5.74) is 1.98. The number of hydrogen-bond acceptors (Lipinski definition) is 5. The van der Waals surface area contributed by atoms with E-state index in [1.807, 2.05) is 55.4 Å². The van der Waals surface area contributed by atoms with E-state index < -0.39 is 10.0 Å². The van der Waals surface area contributed by atoms with E-state index in [2.05, 4.69) is 30.8 Å². The molecule has 0 spiro atoms. The smallest absolute Gasteiger partial charge is 0.240 e. The number of nitrogens with zero attached hydrogens (tertiary/aromatic N) is 1. The highest BCUT2D eigenvalue weighted by Gasteiger charge is 2.20. The van der Waals surface area contributed by atoms with Gasteiger partial charge in [0.05, 0.1) is 18.0 Å². The summed E-state index contributed by atoms with van der Waals surface area (Å²) in [6.07, 6.45) is 0.0470. The summed E-state index contributed by atoms with van der Waals surface area (Å²) in [7, 11) is 1.81. The van der Waals surface area contributed by atoms with Crippen molar-refractivity contribution in [2.45, 2.75) is 43.5 Å². The summed E-state index contributed by atoms with van der Waals surface area (Å²) >= 11 is 0. The van der Waals surface area contributed by atoms with Gasteiger partial charge in [0.25, 0.3) is 0 Å². The van der Waals surface area contributed by atoms with Crippen LogP contribution >= 0.6 is 0 Å². The van der Waals surface area contributed by atoms with Gasteiger partial charge in [-0.1, -0.05) is 51.1 Å². The quantitative estimate of drug-likeness (QED) is 0.568. The maximum Gasteiger partial charge on any atom is 0.240 e. The number of carbonyl (C=O) groups is 1. The number of amides is 1. The highest BCUT2D eigenvalue weighted by Crippen LogP contribution is 2.27. The van der Waals surface area contributed by atoms with E-state index >= 15 is 0 Å². The normalized spacial score (nSPS) is 13.1. The van der Waals surface area contributed by atoms with Gasteiger partial charge in [0.15, 0.2) is 0 Å². The van der Waals surface area contributed by atoms with E-state index in [1.54, 1.807) is 19.2 Å². The SMILES string of the molecule is COc1ccccc1C(CNC(=O)CCNS(=O)(=O)c1ccc(C(C)(C)C)cc1)N(C)C. The molecule has 0 radical (unpaired) electrons. The Morgan fingerprint density at radius 2 is 1.69 bits per heavy atom. The molecule has 2 rings (SSSR count). The molecule has 1 atom stereocenters. The number of hydrogen-bond donors (Lipinski definition) is 2. The lowest BCUT2D eigenvalue weighted by atomic mass is 9.87. The zero-order valence-corrected chi connectivity index (χ0v) is 20.6. The molecular weight excluding hydrogens is 426 g/mol. The number of benzene rings is 2. The number of ether oxygens (including phenoxy) is 1. The van der Waals surface area contributed by atoms with Crippen LogP contribution in [0.5, 0.6) is 5.75 Å². The van der Waals surface area contributed by atoms with Gasteiger partial charge in [0.1, 0.15) is 5.75 Å². The third-order valence-corrected chi connectivity index (χ3v) is 6.77. The molecule has 0 aliphatic rings. The zero-order chi connectivity index (χ0) is 23.9. The summed E-state index contributed by atoms with van der Waals surface area (Å²) < 4.78 is 33.0. The molecule has 0 aliphatic heterocycles. The van der Waals surface area contributed by atoms with Gasteiger partial charge in [-0.15, -0.1) is 0 Å². The molecule has 0 aromatic heterocycles. The Hall–Kier alpha value is -2.42. The maximum atomic E-state index is 12.5. The minimum Gasteiger partial charge on any atom is -0.496 e. The number of likely N-dealkylation sites (N-methyl/N-ethyl adjacent to an activating group) is 1. The molecule has 1 amide bonds. The second kappa shape index (κ2) is 10.9. The third-order valence-electron chi connectivity index (χ3n) is 5.29. The fourth-order valence-corrected chi connectivity index (χ4v) is 4.36. The first-order valence-electron chi connectivity index (χ1n) is 10.6. The van der Waals surface area contributed by atoms with Crippen LogP contribution in [0, 0.1) is 0 Å². The average Bonchev–Trinajstić information content (AvgIpc) is 2.73. The van der Waals surface area contributed by atoms with Crippen molar-refractivity contribution in [2.75, 3.05) is 34.3 Å². The van der Waals surface area contributed by atoms with Crippen molar-refractivity contribution < 1.29 is 17.9 Å². The lowest BCUT2D eigenvalue weighted by Crippen LogP contribution is -2.36. The second-order valence-corrected chi connectivity index (χ2v) is 10.7. The molecule has 7 nitrogen and oxygen atoms in total. The minimum atomic E-state index is -3.67. The first kappa shape index (κ1) is 25.8. The molecule has 0 fully saturated rings. The summed E-state index contributed by atoms with van der Waals surface area (Å²) in [4.78, 5) is 14.5. The van der Waals surface area contributed by atoms with Gasteiger partial charge in [-0.25, -0.2) is 13.1 Å². The predicted molar refractivity (Wildman–Crippen MR) is 127 cm³/mol. The van der Waals surface area contributed by atoms with Crippen molar-refractivity contribution in [2.24, 2.45) is 0 Å². The van der Waals surface area contributed by atoms with E-state index in [9.17, 15) is 13.2 Å². The molecule has 1 unspecified atom stereocenters. The van der Waals surface area contributed by atoms with Crippen LogP contribution in [0.4, 0.5) is 0 Å². The monoisotopic (exact) mass is 461 g/mol. The molecule has 0 saturated carbocycles. The summed E-state index contributed by atoms with van der Waals surface area (Å²) in [6.45, 7) is 6.62. The van der Waals surface area contributed by atoms with Gasteiger partial charge >= 0.3 is 0 Å². The molecule has 0 bridgehead atoms. The van der Waals surface area contributed by atoms with Gasteiger partial charge in [0.2, 0.25) is 15.9 Å². The maximum absolute atomic E-state index is 12.5. The van der Waals surface area contributed by atoms with Crippen LogP contribution in [0.2, 0.25) is 0 Å². The summed E-state index contributed by atoms with van der Waals surface area (Å²) in [6, 6.07) is 14.4. The number of sulfonamides is 1. The number of rotatable bonds is 10. The minimum absolute atomic E-state index is 0.0243. The van der Waals surface area contributed by atoms with Crippen molar-refractivity contribution in [3.8, 4) is 5.75 Å². The largest absolute Gasteiger partial charge is 0.496 e. The van der Waals surface area contributed by atoms with Crippen LogP contribution in [-0.2, 0) is 20.2 Å². The lowest BCUT2D eigenvalue weighted by Gasteiger charge is -2.26. The Morgan fingerprint density at radius 1 is 1.06 bits per heavy atom. The third kappa shape index (κ3) is 7.05. The van der Waals surface area contributed by atoms with Gasteiger partial charge in [-0.05, 0) is 43.3 Å². The van der Waals surface area contributed by atoms with Crippen molar-refractivity contribution >= 4 is 15.9 Å². The first-order chi connectivity index (χ1) is 15.0. The van der Waals surface area contributed by atoms with Gasteiger partial charge < -0.3 is 15.0 Å². The van der Waals surface area contributed by atoms with E-state index in [4.69, 9.17) is 4.74 Å². The van der Waals surface area contributed by atoms with Crippen molar-refractivity contribution in [1.82, 2.24) is 14.9 Å². The molecule has 32 heavy (non-hydrogen) atoms. The summed E-state index contributed by atoms with van der Waals surface area (Å²) in [5, 5.41) is 2.89. The van der Waals surface area contributed by atoms with Crippen LogP contribution in [0.15, 0.2) is 53.4 Å². The lowest BCUT2D eigenvalue weighted by molar-refractivity contribution is -0.121. The zero-order valence-electron chi connectivity index (χ0n) is 19.8. The number of carbonyl (C=O) groups excluding carboxylic acids is 1. The van der Waals surface area contributed by atoms with Crippen molar-refractivity contribution in [1.29, 1.82) is 0 Å². The molecule has 8 heteroatoms. The molecule has 176 valence electrons. The van der Waals surface area contributed by atoms with Crippen LogP contribution in [0.25, 0.3) is 0 Å². The number of para-hydroxylation sites is 1. The average molecular weight is 462 g/mol. The molecule has 0 saturated heterocycles. The Morgan fingerprint density at radius 3 is 2.25 bits per heavy atom. The molecule has 2 N–H and O–H groups in total. The van der Waals surface area contributed by atoms with E-state index in [0.717, 1.165) is 16.9 Å². The first-order valence-corrected chi connectivity index (χ1v) is 12.1. The van der Waals surface area contributed by atoms with Gasteiger partial charge in [-0.2, -0.15) is 0 Å². The second-order valence-electron chi connectivity index (χ2n) is 8.95. The fraction of sp³-hybridized carbons (Fsp3) is 0.458. The van der Waals surface area contributed by atoms with E-state index in [0.29, 0.717) is 6.54 Å². The van der Waals surface area contributed by atoms with Crippen LogP contribution in [-0.4, -0.2) is 53.5 Å². The molecule has 2 aromatic rings. The summed E-state index contributed by atoms with van der Waals surface area (Å²) in [5.74, 6) is 0.531. The Labute approximate surface area is 192 Å². The predicted octanol–water partition coefficient (Wildman–Crippen LogP) is 3.08. The topological polar surface area (TPSA) is 87.7 Å². The van der Waals surface area contributed by atoms with Gasteiger partial charge in [0, 0.05) is 25.1 Å². The molecular formula is C24H35N3O4S. The fourth-order valence-electron chi connectivity index (χ4n) is 3.33. The number of methoxy groups -OCH3 is 1. The van der Waals surface area contributed by atoms with Crippen molar-refractivity contribution in [3.05, 3.63) is 59.7 Å². The van der Waals surface area contributed by atoms with E-state index in [1.165, 1.54) is 0 Å². The molecule has 0 heterocycles. The van der Waals surface area contributed by atoms with E-state index in [-0.39, 0.29) is 35.2 Å². The molecule has 2 aromatic carbocycles. The van der Waals surface area contributed by atoms with Crippen LogP contribution in [0.3, 0.4) is 0 Å². The number of nitrogens with one attached hydrogen (secondary N) is 2. The van der Waals surface area contributed by atoms with Gasteiger partial charge in [-0.3, -0.25) is 4.79 Å². The highest BCUT2D eigenvalue weighted by atomic mass is 32.2. The van der Waals surface area contributed by atoms with Crippen LogP contribution < -0.4 is 14.8 Å².